The number of carbonyl (C=O) groups is 4. The highest BCUT2D eigenvalue weighted by Crippen LogP contribution is 2.48. The second kappa shape index (κ2) is 25.9. The number of carboxylic acid groups (broad SMARTS) is 1. The van der Waals surface area contributed by atoms with Crippen molar-refractivity contribution in [3.63, 3.8) is 0 Å². The van der Waals surface area contributed by atoms with Crippen LogP contribution >= 0.6 is 11.6 Å². The van der Waals surface area contributed by atoms with E-state index in [1.54, 1.807) is 53.9 Å². The summed E-state index contributed by atoms with van der Waals surface area (Å²) in [6, 6.07) is 19.4. The molecule has 20 nitrogen and oxygen atoms in total. The van der Waals surface area contributed by atoms with Crippen molar-refractivity contribution in [1.82, 2.24) is 44.5 Å². The Balaban J connectivity index is 0.000000115. The number of nitrogens with zero attached hydrogens (tertiary/aromatic N) is 13. The number of aldehydes is 2. The number of aryl methyl sites for hydroxylation is 5. The van der Waals surface area contributed by atoms with Gasteiger partial charge in [0.2, 0.25) is 0 Å². The molecule has 86 heavy (non-hydrogen) atoms. The molecule has 4 saturated heterocycles. The Kier molecular flexibility index (Phi) is 17.9. The van der Waals surface area contributed by atoms with E-state index in [2.05, 4.69) is 69.0 Å². The number of aromatic nitrogens is 9. The number of hydrogen-bond acceptors (Lipinski definition) is 17. The minimum atomic E-state index is -0.955. The average Bonchev–Trinajstić information content (AvgIpc) is 2.60. The third-order valence-corrected chi connectivity index (χ3v) is 18.3. The number of aromatic carboxylic acids is 1. The van der Waals surface area contributed by atoms with Crippen LogP contribution in [0.2, 0.25) is 5.15 Å². The van der Waals surface area contributed by atoms with Gasteiger partial charge in [0.1, 0.15) is 28.4 Å². The van der Waals surface area contributed by atoms with Crippen LogP contribution in [0.1, 0.15) is 119 Å². The number of pyridine rings is 5. The summed E-state index contributed by atoms with van der Waals surface area (Å²) in [5.41, 5.74) is 9.53. The molecule has 0 bridgehead atoms. The molecule has 8 aliphatic rings. The first kappa shape index (κ1) is 59.6. The monoisotopic (exact) mass is 1190 g/mol. The van der Waals surface area contributed by atoms with Gasteiger partial charge in [0.15, 0.2) is 12.6 Å². The van der Waals surface area contributed by atoms with Gasteiger partial charge in [0, 0.05) is 98.7 Å². The summed E-state index contributed by atoms with van der Waals surface area (Å²) in [7, 11) is 0. The van der Waals surface area contributed by atoms with Crippen LogP contribution in [0.25, 0.3) is 0 Å². The van der Waals surface area contributed by atoms with Crippen molar-refractivity contribution in [2.45, 2.75) is 86.9 Å². The minimum Gasteiger partial charge on any atom is -0.478 e. The Labute approximate surface area is 506 Å². The fourth-order valence-corrected chi connectivity index (χ4v) is 12.5. The molecule has 0 amide bonds. The van der Waals surface area contributed by atoms with Gasteiger partial charge >= 0.3 is 11.9 Å². The molecular weight excluding hydrogens is 1110 g/mol. The Bertz CT molecular complexity index is 3590. The molecule has 8 unspecified atom stereocenters. The molecule has 21 heteroatoms. The predicted octanol–water partition coefficient (Wildman–Crippen LogP) is 8.91. The van der Waals surface area contributed by atoms with Crippen LogP contribution < -0.4 is 19.6 Å². The molecule has 4 aliphatic heterocycles. The van der Waals surface area contributed by atoms with Gasteiger partial charge < -0.3 is 34.5 Å². The molecule has 11 heterocycles. The number of piperidine rings is 4. The number of anilines is 4. The molecule has 4 saturated carbocycles. The summed E-state index contributed by atoms with van der Waals surface area (Å²) < 4.78 is 8.38. The molecule has 15 rings (SSSR count). The number of halogens is 1. The molecule has 7 aromatic rings. The fourth-order valence-electron chi connectivity index (χ4n) is 12.3. The van der Waals surface area contributed by atoms with Gasteiger partial charge in [-0.05, 0) is 174 Å². The molecule has 0 spiro atoms. The Morgan fingerprint density at radius 2 is 0.860 bits per heavy atom. The highest BCUT2D eigenvalue weighted by molar-refractivity contribution is 6.29. The fraction of sp³-hybridized carbons (Fsp3) is 0.462. The van der Waals surface area contributed by atoms with Gasteiger partial charge in [-0.15, -0.1) is 0 Å². The average molecular weight is 1190 g/mol. The van der Waals surface area contributed by atoms with Crippen molar-refractivity contribution in [2.24, 2.45) is 47.3 Å². The van der Waals surface area contributed by atoms with Crippen molar-refractivity contribution < 1.29 is 34.1 Å². The van der Waals surface area contributed by atoms with Gasteiger partial charge in [-0.25, -0.2) is 34.5 Å². The normalized spacial score (nSPS) is 22.7. The second-order valence-corrected chi connectivity index (χ2v) is 24.7. The zero-order valence-corrected chi connectivity index (χ0v) is 50.6. The standard InChI is InChI=1S/C18H22N4O2.C16H18N4O2.C12H16N2O.C12H14N2O.C7H6ClNO/c1-3-24-18(23)16-7-19-22(11-16)10-13-4-5-17(20-12(13)2)21-8-14-6-15(14)9-21;1-10-11(8-20-9-14(5-17-20)16(21)22)2-3-15(18-10)19-6-12-4-13(12)7-19;2*1-8-9(7-15)2-3-12(13-8)14-5-10-4-11(10)6-14;1-5-6(4-10)2-3-7(8)9-5/h4-5,7,11,14-15H,3,6,8-10H2,1-2H3;2-3,5,9,12-13H,4,6-8H2,1H3,(H,21,22);2-3,10-11,15H,4-7H2,1H3;2-3,7,10-11H,4-6H2,1H3;2-4H,1H3. The maximum absolute atomic E-state index is 11.7. The maximum atomic E-state index is 11.7. The molecule has 0 radical (unpaired) electrons. The van der Waals surface area contributed by atoms with Gasteiger partial charge in [0.05, 0.1) is 55.5 Å². The molecular formula is C65H76ClN13O7. The number of fused-ring (bicyclic) bond motifs is 4. The summed E-state index contributed by atoms with van der Waals surface area (Å²) in [6.45, 7) is 22.3. The highest BCUT2D eigenvalue weighted by atomic mass is 35.5. The molecule has 450 valence electrons. The summed E-state index contributed by atoms with van der Waals surface area (Å²) in [6.07, 6.45) is 13.4. The number of carboxylic acids is 1. The van der Waals surface area contributed by atoms with E-state index >= 15 is 0 Å². The van der Waals surface area contributed by atoms with Crippen LogP contribution in [0.3, 0.4) is 0 Å². The Hall–Kier alpha value is -8.10. The van der Waals surface area contributed by atoms with E-state index in [1.807, 2.05) is 52.0 Å². The number of ether oxygens (including phenoxy) is 1. The topological polar surface area (TPSA) is 231 Å². The third kappa shape index (κ3) is 14.4. The molecule has 8 atom stereocenters. The smallest absolute Gasteiger partial charge is 0.341 e. The lowest BCUT2D eigenvalue weighted by atomic mass is 10.2. The number of carbonyl (C=O) groups excluding carboxylic acids is 3. The number of aliphatic hydroxyl groups is 1. The van der Waals surface area contributed by atoms with E-state index in [0.717, 1.165) is 162 Å². The van der Waals surface area contributed by atoms with Crippen molar-refractivity contribution in [2.75, 3.05) is 78.6 Å². The van der Waals surface area contributed by atoms with E-state index in [4.69, 9.17) is 36.5 Å². The number of rotatable bonds is 14. The van der Waals surface area contributed by atoms with Crippen LogP contribution in [0.15, 0.2) is 85.5 Å². The highest BCUT2D eigenvalue weighted by Gasteiger charge is 2.48. The number of aliphatic hydroxyl groups excluding tert-OH is 1. The van der Waals surface area contributed by atoms with Gasteiger partial charge in [0.25, 0.3) is 0 Å². The first-order valence-corrected chi connectivity index (χ1v) is 30.4. The largest absolute Gasteiger partial charge is 0.478 e. The zero-order valence-electron chi connectivity index (χ0n) is 49.8. The Morgan fingerprint density at radius 3 is 1.20 bits per heavy atom. The van der Waals surface area contributed by atoms with Crippen LogP contribution in [0.4, 0.5) is 23.3 Å². The van der Waals surface area contributed by atoms with Crippen LogP contribution in [0.5, 0.6) is 0 Å². The summed E-state index contributed by atoms with van der Waals surface area (Å²) in [4.78, 5) is 75.4. The van der Waals surface area contributed by atoms with E-state index in [0.29, 0.717) is 47.2 Å². The lowest BCUT2D eigenvalue weighted by molar-refractivity contribution is 0.0525. The van der Waals surface area contributed by atoms with Gasteiger partial charge in [-0.1, -0.05) is 29.8 Å². The van der Waals surface area contributed by atoms with E-state index in [9.17, 15) is 19.2 Å². The van der Waals surface area contributed by atoms with Crippen LogP contribution in [0, 0.1) is 82.0 Å². The van der Waals surface area contributed by atoms with Crippen LogP contribution in [-0.4, -0.2) is 138 Å². The predicted molar refractivity (Wildman–Crippen MR) is 327 cm³/mol. The SMILES string of the molecule is CCOC(=O)c1cnn(Cc2ccc(N3CC4CC4C3)nc2C)c1.Cc1nc(Cl)ccc1C=O.Cc1nc(N2CC3CC3C2)ccc1C=O.Cc1nc(N2CC3CC3C2)ccc1CO.Cc1nc(N2CC3CC3C2)ccc1Cn1cc(C(=O)O)cn1. The van der Waals surface area contributed by atoms with Crippen LogP contribution in [-0.2, 0) is 24.4 Å². The molecule has 8 fully saturated rings. The van der Waals surface area contributed by atoms with E-state index in [1.165, 1.54) is 45.0 Å². The van der Waals surface area contributed by atoms with Crippen molar-refractivity contribution >= 4 is 59.4 Å². The maximum Gasteiger partial charge on any atom is 0.341 e. The van der Waals surface area contributed by atoms with Crippen molar-refractivity contribution in [3.8, 4) is 0 Å². The molecule has 7 aromatic heterocycles. The quantitative estimate of drug-likeness (QED) is 0.0588. The number of esters is 1. The summed E-state index contributed by atoms with van der Waals surface area (Å²) in [5.74, 6) is 10.2. The van der Waals surface area contributed by atoms with Gasteiger partial charge in [-0.2, -0.15) is 10.2 Å². The lowest BCUT2D eigenvalue weighted by Crippen LogP contribution is -2.23. The third-order valence-electron chi connectivity index (χ3n) is 18.1. The van der Waals surface area contributed by atoms with E-state index in [-0.39, 0.29) is 18.1 Å². The lowest BCUT2D eigenvalue weighted by Gasteiger charge is -2.20. The van der Waals surface area contributed by atoms with Gasteiger partial charge in [-0.3, -0.25) is 19.0 Å². The number of hydrogen-bond donors (Lipinski definition) is 2. The molecule has 2 N–H and O–H groups in total. The van der Waals surface area contributed by atoms with Crippen molar-refractivity contribution in [3.05, 3.63) is 158 Å². The first-order valence-electron chi connectivity index (χ1n) is 30.0. The van der Waals surface area contributed by atoms with E-state index < -0.39 is 5.97 Å². The zero-order chi connectivity index (χ0) is 60.3. The first-order chi connectivity index (χ1) is 41.5. The molecule has 0 aromatic carbocycles. The Morgan fingerprint density at radius 1 is 0.512 bits per heavy atom. The minimum absolute atomic E-state index is 0.0877. The summed E-state index contributed by atoms with van der Waals surface area (Å²) >= 11 is 5.55. The van der Waals surface area contributed by atoms with Crippen molar-refractivity contribution in [1.29, 1.82) is 0 Å². The summed E-state index contributed by atoms with van der Waals surface area (Å²) in [5, 5.41) is 26.8. The second-order valence-electron chi connectivity index (χ2n) is 24.3. The molecule has 4 aliphatic carbocycles.